The molecule has 1 aliphatic rings. The molecule has 0 unspecified atom stereocenters. The average Bonchev–Trinajstić information content (AvgIpc) is 3.08. The lowest BCUT2D eigenvalue weighted by molar-refractivity contribution is -0.141. The summed E-state index contributed by atoms with van der Waals surface area (Å²) in [7, 11) is 1.44. The van der Waals surface area contributed by atoms with Gasteiger partial charge in [0, 0.05) is 5.75 Å². The van der Waals surface area contributed by atoms with Crippen LogP contribution in [0, 0.1) is 12.3 Å². The number of carbonyl (C=O) groups excluding carboxylic acids is 1. The molecule has 98 valence electrons. The first-order valence-electron chi connectivity index (χ1n) is 5.96. The van der Waals surface area contributed by atoms with Crippen LogP contribution in [0.4, 0.5) is 5.69 Å². The molecule has 0 aliphatic heterocycles. The third kappa shape index (κ3) is 3.16. The Kier molecular flexibility index (Phi) is 3.80. The van der Waals surface area contributed by atoms with Gasteiger partial charge in [0.05, 0.1) is 30.4 Å². The summed E-state index contributed by atoms with van der Waals surface area (Å²) in [5.74, 6) is 0.801. The van der Waals surface area contributed by atoms with Crippen molar-refractivity contribution in [3.05, 3.63) is 17.8 Å². The summed E-state index contributed by atoms with van der Waals surface area (Å²) >= 11 is 1.70. The Labute approximate surface area is 111 Å². The van der Waals surface area contributed by atoms with Crippen LogP contribution in [0.1, 0.15) is 24.8 Å². The van der Waals surface area contributed by atoms with Crippen molar-refractivity contribution in [2.75, 3.05) is 18.6 Å². The van der Waals surface area contributed by atoms with E-state index in [4.69, 9.17) is 10.5 Å². The van der Waals surface area contributed by atoms with Crippen molar-refractivity contribution in [1.82, 2.24) is 4.98 Å². The number of nitrogens with zero attached hydrogens (tertiary/aromatic N) is 1. The van der Waals surface area contributed by atoms with Crippen LogP contribution < -0.4 is 5.73 Å². The van der Waals surface area contributed by atoms with E-state index in [2.05, 4.69) is 4.98 Å². The van der Waals surface area contributed by atoms with Gasteiger partial charge in [-0.25, -0.2) is 4.98 Å². The van der Waals surface area contributed by atoms with E-state index in [9.17, 15) is 4.79 Å². The zero-order chi connectivity index (χ0) is 13.2. The van der Waals surface area contributed by atoms with E-state index in [0.717, 1.165) is 29.2 Å². The maximum Gasteiger partial charge on any atom is 0.306 e. The van der Waals surface area contributed by atoms with Crippen molar-refractivity contribution >= 4 is 23.4 Å². The number of nitrogens with two attached hydrogens (primary N) is 1. The molecule has 4 nitrogen and oxygen atoms in total. The Morgan fingerprint density at radius 3 is 2.89 bits per heavy atom. The fourth-order valence-electron chi connectivity index (χ4n) is 1.88. The highest BCUT2D eigenvalue weighted by molar-refractivity contribution is 7.99. The molecule has 5 heteroatoms. The van der Waals surface area contributed by atoms with Crippen molar-refractivity contribution in [3.63, 3.8) is 0 Å². The topological polar surface area (TPSA) is 65.2 Å². The summed E-state index contributed by atoms with van der Waals surface area (Å²) in [5.41, 5.74) is 7.58. The maximum absolute atomic E-state index is 11.3. The minimum atomic E-state index is -0.116. The minimum Gasteiger partial charge on any atom is -0.469 e. The predicted octanol–water partition coefficient (Wildman–Crippen LogP) is 2.41. The molecule has 0 saturated heterocycles. The summed E-state index contributed by atoms with van der Waals surface area (Å²) in [6, 6.07) is 1.93. The van der Waals surface area contributed by atoms with Crippen LogP contribution in [0.25, 0.3) is 0 Å². The zero-order valence-electron chi connectivity index (χ0n) is 10.7. The molecule has 2 rings (SSSR count). The molecule has 0 amide bonds. The third-order valence-corrected chi connectivity index (χ3v) is 4.73. The van der Waals surface area contributed by atoms with E-state index in [1.54, 1.807) is 18.0 Å². The molecule has 1 aromatic heterocycles. The Morgan fingerprint density at radius 2 is 2.33 bits per heavy atom. The standard InChI is InChI=1S/C13H18N2O2S/c1-9-5-10(14)7-15-12(9)18-8-13(3-4-13)6-11(16)17-2/h5,7H,3-4,6,8,14H2,1-2H3. The Hall–Kier alpha value is -1.23. The SMILES string of the molecule is COC(=O)CC1(CSc2ncc(N)cc2C)CC1. The van der Waals surface area contributed by atoms with Crippen LogP contribution in [-0.4, -0.2) is 23.8 Å². The number of aryl methyl sites for hydroxylation is 1. The third-order valence-electron chi connectivity index (χ3n) is 3.27. The molecule has 0 radical (unpaired) electrons. The van der Waals surface area contributed by atoms with Crippen LogP contribution >= 0.6 is 11.8 Å². The van der Waals surface area contributed by atoms with Gasteiger partial charge in [-0.1, -0.05) is 0 Å². The summed E-state index contributed by atoms with van der Waals surface area (Å²) in [5, 5.41) is 1.00. The van der Waals surface area contributed by atoms with Crippen LogP contribution in [0.15, 0.2) is 17.3 Å². The molecule has 2 N–H and O–H groups in total. The smallest absolute Gasteiger partial charge is 0.306 e. The molecule has 0 spiro atoms. The quantitative estimate of drug-likeness (QED) is 0.655. The molecule has 1 saturated carbocycles. The second-order valence-electron chi connectivity index (χ2n) is 4.93. The van der Waals surface area contributed by atoms with Crippen LogP contribution in [0.5, 0.6) is 0 Å². The van der Waals surface area contributed by atoms with E-state index < -0.39 is 0 Å². The highest BCUT2D eigenvalue weighted by Crippen LogP contribution is 2.52. The number of anilines is 1. The van der Waals surface area contributed by atoms with Crippen molar-refractivity contribution in [2.45, 2.75) is 31.2 Å². The van der Waals surface area contributed by atoms with E-state index in [1.165, 1.54) is 7.11 Å². The van der Waals surface area contributed by atoms with E-state index in [0.29, 0.717) is 12.1 Å². The van der Waals surface area contributed by atoms with E-state index in [-0.39, 0.29) is 11.4 Å². The first-order chi connectivity index (χ1) is 8.54. The summed E-state index contributed by atoms with van der Waals surface area (Å²) in [6.45, 7) is 2.01. The van der Waals surface area contributed by atoms with Gasteiger partial charge in [0.25, 0.3) is 0 Å². The van der Waals surface area contributed by atoms with Crippen molar-refractivity contribution in [1.29, 1.82) is 0 Å². The lowest BCUT2D eigenvalue weighted by Crippen LogP contribution is -2.13. The Morgan fingerprint density at radius 1 is 1.61 bits per heavy atom. The van der Waals surface area contributed by atoms with Gasteiger partial charge in [-0.15, -0.1) is 11.8 Å². The lowest BCUT2D eigenvalue weighted by atomic mass is 10.1. The van der Waals surface area contributed by atoms with Gasteiger partial charge >= 0.3 is 5.97 Å². The van der Waals surface area contributed by atoms with Gasteiger partial charge in [-0.05, 0) is 36.8 Å². The largest absolute Gasteiger partial charge is 0.469 e. The number of hydrogen-bond donors (Lipinski definition) is 1. The van der Waals surface area contributed by atoms with Crippen LogP contribution in [0.3, 0.4) is 0 Å². The van der Waals surface area contributed by atoms with Crippen molar-refractivity contribution < 1.29 is 9.53 Å². The number of rotatable bonds is 5. The maximum atomic E-state index is 11.3. The summed E-state index contributed by atoms with van der Waals surface area (Å²) in [4.78, 5) is 15.7. The second-order valence-corrected chi connectivity index (χ2v) is 5.90. The Balaban J connectivity index is 1.93. The number of nitrogen functional groups attached to an aromatic ring is 1. The number of methoxy groups -OCH3 is 1. The first-order valence-corrected chi connectivity index (χ1v) is 6.95. The first kappa shape index (κ1) is 13.2. The molecular weight excluding hydrogens is 248 g/mol. The minimum absolute atomic E-state index is 0.116. The molecule has 1 aromatic rings. The lowest BCUT2D eigenvalue weighted by Gasteiger charge is -2.13. The van der Waals surface area contributed by atoms with Gasteiger partial charge in [-0.2, -0.15) is 0 Å². The fraction of sp³-hybridized carbons (Fsp3) is 0.538. The van der Waals surface area contributed by atoms with E-state index in [1.807, 2.05) is 13.0 Å². The van der Waals surface area contributed by atoms with Crippen molar-refractivity contribution in [3.8, 4) is 0 Å². The van der Waals surface area contributed by atoms with Gasteiger partial charge < -0.3 is 10.5 Å². The molecule has 18 heavy (non-hydrogen) atoms. The summed E-state index contributed by atoms with van der Waals surface area (Å²) < 4.78 is 4.74. The zero-order valence-corrected chi connectivity index (χ0v) is 11.5. The predicted molar refractivity (Wildman–Crippen MR) is 72.4 cm³/mol. The number of carbonyl (C=O) groups is 1. The van der Waals surface area contributed by atoms with Gasteiger partial charge in [0.2, 0.25) is 0 Å². The van der Waals surface area contributed by atoms with Gasteiger partial charge in [0.1, 0.15) is 0 Å². The van der Waals surface area contributed by atoms with Crippen LogP contribution in [-0.2, 0) is 9.53 Å². The van der Waals surface area contributed by atoms with Crippen molar-refractivity contribution in [2.24, 2.45) is 5.41 Å². The molecule has 1 aliphatic carbocycles. The van der Waals surface area contributed by atoms with Gasteiger partial charge in [0.15, 0.2) is 0 Å². The molecule has 0 aromatic carbocycles. The molecule has 0 atom stereocenters. The number of ether oxygens (including phenoxy) is 1. The summed E-state index contributed by atoms with van der Waals surface area (Å²) in [6.07, 6.45) is 4.39. The molecule has 1 heterocycles. The monoisotopic (exact) mass is 266 g/mol. The second kappa shape index (κ2) is 5.18. The van der Waals surface area contributed by atoms with Gasteiger partial charge in [-0.3, -0.25) is 4.79 Å². The number of hydrogen-bond acceptors (Lipinski definition) is 5. The Bertz CT molecular complexity index is 458. The van der Waals surface area contributed by atoms with E-state index >= 15 is 0 Å². The number of esters is 1. The number of aromatic nitrogens is 1. The molecule has 1 fully saturated rings. The molecular formula is C13H18N2O2S. The average molecular weight is 266 g/mol. The highest BCUT2D eigenvalue weighted by atomic mass is 32.2. The highest BCUT2D eigenvalue weighted by Gasteiger charge is 2.44. The van der Waals surface area contributed by atoms with Crippen LogP contribution in [0.2, 0.25) is 0 Å². The number of thioether (sulfide) groups is 1. The number of pyridine rings is 1. The normalized spacial score (nSPS) is 16.3. The molecule has 0 bridgehead atoms. The fourth-order valence-corrected chi connectivity index (χ4v) is 3.13.